The van der Waals surface area contributed by atoms with Gasteiger partial charge >= 0.3 is 5.97 Å². The molecular weight excluding hydrogens is 430 g/mol. The van der Waals surface area contributed by atoms with Crippen LogP contribution in [0.4, 0.5) is 0 Å². The minimum absolute atomic E-state index is 0.0466. The number of amides is 1. The molecule has 1 amide bonds. The molecule has 1 aromatic rings. The number of ether oxygens (including phenoxy) is 2. The number of benzene rings is 1. The van der Waals surface area contributed by atoms with E-state index in [1.165, 1.54) is 90.2 Å². The minimum atomic E-state index is -0.350. The van der Waals surface area contributed by atoms with Gasteiger partial charge in [-0.1, -0.05) is 103 Å². The monoisotopic (exact) mass is 477 g/mol. The Labute approximate surface area is 206 Å². The molecule has 0 aliphatic carbocycles. The number of methoxy groups -OCH3 is 1. The van der Waals surface area contributed by atoms with E-state index in [0.717, 1.165) is 24.8 Å². The van der Waals surface area contributed by atoms with Gasteiger partial charge in [-0.3, -0.25) is 9.59 Å². The van der Waals surface area contributed by atoms with Crippen molar-refractivity contribution in [3.05, 3.63) is 23.8 Å². The first-order valence-corrected chi connectivity index (χ1v) is 13.3. The van der Waals surface area contributed by atoms with Crippen LogP contribution in [0.15, 0.2) is 18.2 Å². The largest absolute Gasteiger partial charge is 0.504 e. The number of aromatic hydroxyl groups is 1. The first kappa shape index (κ1) is 29.8. The normalized spacial score (nSPS) is 10.8. The first-order chi connectivity index (χ1) is 16.6. The molecule has 0 aliphatic rings. The second kappa shape index (κ2) is 20.2. The number of phenolic OH excluding ortho intramolecular Hbond substituents is 1. The topological polar surface area (TPSA) is 84.9 Å². The van der Waals surface area contributed by atoms with E-state index in [0.29, 0.717) is 12.2 Å². The highest BCUT2D eigenvalue weighted by Gasteiger charge is 2.08. The van der Waals surface area contributed by atoms with Gasteiger partial charge in [0.2, 0.25) is 0 Å². The molecule has 1 aromatic carbocycles. The summed E-state index contributed by atoms with van der Waals surface area (Å²) < 4.78 is 10.1. The van der Waals surface area contributed by atoms with Crippen molar-refractivity contribution in [3.63, 3.8) is 0 Å². The lowest BCUT2D eigenvalue weighted by Crippen LogP contribution is -2.28. The molecule has 0 heterocycles. The summed E-state index contributed by atoms with van der Waals surface area (Å²) in [6.07, 6.45) is 19.6. The molecule has 0 atom stereocenters. The number of phenols is 1. The molecule has 34 heavy (non-hydrogen) atoms. The molecule has 194 valence electrons. The van der Waals surface area contributed by atoms with Crippen molar-refractivity contribution >= 4 is 11.9 Å². The highest BCUT2D eigenvalue weighted by molar-refractivity contribution is 5.80. The maximum atomic E-state index is 11.9. The third kappa shape index (κ3) is 15.6. The summed E-state index contributed by atoms with van der Waals surface area (Å²) in [6.45, 7) is 2.26. The molecule has 0 spiro atoms. The Morgan fingerprint density at radius 2 is 1.35 bits per heavy atom. The van der Waals surface area contributed by atoms with Gasteiger partial charge in [0.05, 0.1) is 7.11 Å². The average Bonchev–Trinajstić information content (AvgIpc) is 2.84. The van der Waals surface area contributed by atoms with E-state index in [9.17, 15) is 14.7 Å². The molecule has 0 fully saturated rings. The predicted molar refractivity (Wildman–Crippen MR) is 137 cm³/mol. The molecule has 6 heteroatoms. The van der Waals surface area contributed by atoms with Crippen molar-refractivity contribution in [1.29, 1.82) is 0 Å². The maximum Gasteiger partial charge on any atom is 0.306 e. The highest BCUT2D eigenvalue weighted by Crippen LogP contribution is 2.26. The lowest BCUT2D eigenvalue weighted by atomic mass is 10.0. The molecule has 0 aliphatic heterocycles. The molecule has 0 unspecified atom stereocenters. The van der Waals surface area contributed by atoms with Gasteiger partial charge in [-0.05, 0) is 24.1 Å². The number of hydrogen-bond acceptors (Lipinski definition) is 5. The van der Waals surface area contributed by atoms with Gasteiger partial charge in [0.25, 0.3) is 5.91 Å². The van der Waals surface area contributed by atoms with E-state index < -0.39 is 0 Å². The number of nitrogens with one attached hydrogen (secondary N) is 1. The minimum Gasteiger partial charge on any atom is -0.504 e. The van der Waals surface area contributed by atoms with Crippen molar-refractivity contribution in [2.45, 2.75) is 116 Å². The fraction of sp³-hybridized carbons (Fsp3) is 0.714. The van der Waals surface area contributed by atoms with Crippen LogP contribution in [0.25, 0.3) is 0 Å². The zero-order chi connectivity index (χ0) is 24.9. The molecule has 0 bridgehead atoms. The fourth-order valence-electron chi connectivity index (χ4n) is 3.94. The summed E-state index contributed by atoms with van der Waals surface area (Å²) in [6, 6.07) is 4.86. The standard InChI is InChI=1S/C28H47NO5/c1-3-4-5-6-7-8-9-10-11-12-13-14-15-16-17-18-28(32)34-23-27(31)29-22-24-19-20-25(30)26(21-24)33-2/h19-21,30H,3-18,22-23H2,1-2H3,(H,29,31). The molecule has 2 N–H and O–H groups in total. The van der Waals surface area contributed by atoms with E-state index >= 15 is 0 Å². The Morgan fingerprint density at radius 1 is 0.824 bits per heavy atom. The van der Waals surface area contributed by atoms with Gasteiger partial charge in [0.1, 0.15) is 0 Å². The highest BCUT2D eigenvalue weighted by atomic mass is 16.5. The molecule has 0 saturated heterocycles. The SMILES string of the molecule is CCCCCCCCCCCCCCCCCC(=O)OCC(=O)NCc1ccc(O)c(OC)c1. The number of carbonyl (C=O) groups excluding carboxylic acids is 2. The Balaban J connectivity index is 1.91. The summed E-state index contributed by atoms with van der Waals surface area (Å²) in [5, 5.41) is 12.3. The van der Waals surface area contributed by atoms with E-state index in [1.807, 2.05) is 0 Å². The quantitative estimate of drug-likeness (QED) is 0.150. The second-order valence-electron chi connectivity index (χ2n) is 9.14. The van der Waals surface area contributed by atoms with Crippen molar-refractivity contribution in [2.24, 2.45) is 0 Å². The van der Waals surface area contributed by atoms with Crippen LogP contribution in [-0.2, 0) is 20.9 Å². The van der Waals surface area contributed by atoms with Gasteiger partial charge < -0.3 is 19.9 Å². The number of unbranched alkanes of at least 4 members (excludes halogenated alkanes) is 14. The van der Waals surface area contributed by atoms with E-state index in [2.05, 4.69) is 12.2 Å². The molecule has 0 aromatic heterocycles. The van der Waals surface area contributed by atoms with Gasteiger partial charge in [0.15, 0.2) is 18.1 Å². The van der Waals surface area contributed by atoms with Crippen molar-refractivity contribution in [3.8, 4) is 11.5 Å². The van der Waals surface area contributed by atoms with Crippen LogP contribution in [0.5, 0.6) is 11.5 Å². The Bertz CT molecular complexity index is 677. The van der Waals surface area contributed by atoms with Gasteiger partial charge in [-0.15, -0.1) is 0 Å². The lowest BCUT2D eigenvalue weighted by molar-refractivity contribution is -0.148. The number of carbonyl (C=O) groups is 2. The molecule has 0 radical (unpaired) electrons. The number of hydrogen-bond donors (Lipinski definition) is 2. The first-order valence-electron chi connectivity index (χ1n) is 13.3. The van der Waals surface area contributed by atoms with E-state index in [1.54, 1.807) is 12.1 Å². The van der Waals surface area contributed by atoms with Crippen LogP contribution in [0.3, 0.4) is 0 Å². The van der Waals surface area contributed by atoms with Gasteiger partial charge in [0, 0.05) is 13.0 Å². The Hall–Kier alpha value is -2.24. The molecular formula is C28H47NO5. The summed E-state index contributed by atoms with van der Waals surface area (Å²) in [5.74, 6) is -0.278. The Kier molecular flexibility index (Phi) is 17.7. The van der Waals surface area contributed by atoms with Crippen LogP contribution in [-0.4, -0.2) is 30.7 Å². The summed E-state index contributed by atoms with van der Waals surface area (Å²) >= 11 is 0. The summed E-state index contributed by atoms with van der Waals surface area (Å²) in [5.41, 5.74) is 0.784. The maximum absolute atomic E-state index is 11.9. The number of esters is 1. The third-order valence-electron chi connectivity index (χ3n) is 6.08. The summed E-state index contributed by atoms with van der Waals surface area (Å²) in [7, 11) is 1.47. The fourth-order valence-corrected chi connectivity index (χ4v) is 3.94. The Morgan fingerprint density at radius 3 is 1.88 bits per heavy atom. The van der Waals surface area contributed by atoms with Crippen LogP contribution >= 0.6 is 0 Å². The predicted octanol–water partition coefficient (Wildman–Crippen LogP) is 6.82. The van der Waals surface area contributed by atoms with Crippen LogP contribution < -0.4 is 10.1 Å². The van der Waals surface area contributed by atoms with Crippen LogP contribution in [0.2, 0.25) is 0 Å². The third-order valence-corrected chi connectivity index (χ3v) is 6.08. The van der Waals surface area contributed by atoms with Crippen molar-refractivity contribution in [1.82, 2.24) is 5.32 Å². The van der Waals surface area contributed by atoms with Crippen molar-refractivity contribution < 1.29 is 24.2 Å². The van der Waals surface area contributed by atoms with Crippen LogP contribution in [0, 0.1) is 0 Å². The van der Waals surface area contributed by atoms with Gasteiger partial charge in [-0.25, -0.2) is 0 Å². The molecule has 6 nitrogen and oxygen atoms in total. The smallest absolute Gasteiger partial charge is 0.306 e. The zero-order valence-corrected chi connectivity index (χ0v) is 21.5. The van der Waals surface area contributed by atoms with E-state index in [-0.39, 0.29) is 30.8 Å². The lowest BCUT2D eigenvalue weighted by Gasteiger charge is -2.09. The van der Waals surface area contributed by atoms with Crippen molar-refractivity contribution in [2.75, 3.05) is 13.7 Å². The second-order valence-corrected chi connectivity index (χ2v) is 9.14. The number of rotatable bonds is 21. The summed E-state index contributed by atoms with van der Waals surface area (Å²) in [4.78, 5) is 23.7. The van der Waals surface area contributed by atoms with Crippen LogP contribution in [0.1, 0.15) is 115 Å². The van der Waals surface area contributed by atoms with Gasteiger partial charge in [-0.2, -0.15) is 0 Å². The molecule has 0 saturated carbocycles. The molecule has 1 rings (SSSR count). The average molecular weight is 478 g/mol. The zero-order valence-electron chi connectivity index (χ0n) is 21.5. The van der Waals surface area contributed by atoms with E-state index in [4.69, 9.17) is 9.47 Å².